The Morgan fingerprint density at radius 3 is 2.57 bits per heavy atom. The number of nitrogens with zero attached hydrogens (tertiary/aromatic N) is 1. The van der Waals surface area contributed by atoms with Crippen molar-refractivity contribution in [3.05, 3.63) is 74.3 Å². The van der Waals surface area contributed by atoms with Crippen LogP contribution in [0.2, 0.25) is 5.02 Å². The highest BCUT2D eigenvalue weighted by atomic mass is 127. The van der Waals surface area contributed by atoms with Crippen LogP contribution in [0, 0.1) is 3.57 Å². The lowest BCUT2D eigenvalue weighted by molar-refractivity contribution is -0.139. The summed E-state index contributed by atoms with van der Waals surface area (Å²) in [7, 11) is 0. The first kappa shape index (κ1) is 27.4. The van der Waals surface area contributed by atoms with Gasteiger partial charge in [0, 0.05) is 36.5 Å². The number of amides is 2. The second-order valence-corrected chi connectivity index (χ2v) is 9.94. The molecule has 3 rings (SSSR count). The van der Waals surface area contributed by atoms with Crippen LogP contribution in [-0.2, 0) is 16.1 Å². The molecule has 0 spiro atoms. The highest BCUT2D eigenvalue weighted by Crippen LogP contribution is 2.31. The molecule has 0 heterocycles. The maximum atomic E-state index is 13.2. The molecule has 3 N–H and O–H groups in total. The highest BCUT2D eigenvalue weighted by molar-refractivity contribution is 14.1. The molecule has 0 unspecified atom stereocenters. The number of nitrogens with one attached hydrogen (secondary N) is 1. The molecule has 2 aromatic rings. The lowest BCUT2D eigenvalue weighted by Crippen LogP contribution is -2.54. The summed E-state index contributed by atoms with van der Waals surface area (Å²) < 4.78 is 7.01. The van der Waals surface area contributed by atoms with E-state index in [2.05, 4.69) is 27.9 Å². The molecule has 0 radical (unpaired) electrons. The van der Waals surface area contributed by atoms with Gasteiger partial charge in [-0.25, -0.2) is 0 Å². The molecule has 9 heteroatoms. The Bertz CT molecular complexity index is 1050. The standard InChI is InChI=1S/C26H30ClIN2O5/c1-2-5-24(32)30(16-17-8-10-19(27)11-9-17)21-14-18(26(34)29-12-13-31)15-23(25(21)33)35-22-7-4-3-6-20(22)28/h3-4,6-11,15,21,23,25,31,33H,2,5,12-14,16H2,1H3,(H,29,34)/t21-,23+,25+/m1/s1. The molecule has 7 nitrogen and oxygen atoms in total. The number of aliphatic hydroxyl groups excluding tert-OH is 2. The van der Waals surface area contributed by atoms with Crippen molar-refractivity contribution < 1.29 is 24.5 Å². The molecule has 35 heavy (non-hydrogen) atoms. The summed E-state index contributed by atoms with van der Waals surface area (Å²) in [5.41, 5.74) is 1.26. The lowest BCUT2D eigenvalue weighted by Gasteiger charge is -2.40. The molecule has 188 valence electrons. The van der Waals surface area contributed by atoms with E-state index in [1.54, 1.807) is 29.2 Å². The number of hydrogen-bond acceptors (Lipinski definition) is 5. The molecular formula is C26H30ClIN2O5. The smallest absolute Gasteiger partial charge is 0.247 e. The van der Waals surface area contributed by atoms with Crippen molar-refractivity contribution in [1.29, 1.82) is 0 Å². The third kappa shape index (κ3) is 7.42. The van der Waals surface area contributed by atoms with Crippen LogP contribution in [0.3, 0.4) is 0 Å². The molecule has 0 saturated carbocycles. The van der Waals surface area contributed by atoms with Gasteiger partial charge in [0.15, 0.2) is 0 Å². The minimum absolute atomic E-state index is 0.106. The van der Waals surface area contributed by atoms with E-state index in [0.29, 0.717) is 29.2 Å². The van der Waals surface area contributed by atoms with Crippen LogP contribution in [0.4, 0.5) is 0 Å². The molecule has 0 aliphatic heterocycles. The quantitative estimate of drug-likeness (QED) is 0.356. The Morgan fingerprint density at radius 1 is 1.20 bits per heavy atom. The largest absolute Gasteiger partial charge is 0.482 e. The normalized spacial score (nSPS) is 19.6. The van der Waals surface area contributed by atoms with Gasteiger partial charge in [-0.3, -0.25) is 9.59 Å². The minimum Gasteiger partial charge on any atom is -0.482 e. The number of para-hydroxylation sites is 1. The van der Waals surface area contributed by atoms with Crippen LogP contribution >= 0.6 is 34.2 Å². The third-order valence-corrected chi connectivity index (χ3v) is 6.91. The molecule has 1 aliphatic rings. The average molecular weight is 613 g/mol. The number of hydrogen-bond donors (Lipinski definition) is 3. The van der Waals surface area contributed by atoms with Gasteiger partial charge in [-0.1, -0.05) is 42.8 Å². The molecule has 2 amide bonds. The molecule has 0 bridgehead atoms. The molecule has 0 fully saturated rings. The Labute approximate surface area is 224 Å². The topological polar surface area (TPSA) is 99.1 Å². The summed E-state index contributed by atoms with van der Waals surface area (Å²) in [6.45, 7) is 2.10. The summed E-state index contributed by atoms with van der Waals surface area (Å²) in [5, 5.41) is 23.8. The van der Waals surface area contributed by atoms with E-state index in [1.807, 2.05) is 37.3 Å². The van der Waals surface area contributed by atoms with Gasteiger partial charge in [0.05, 0.1) is 16.2 Å². The van der Waals surface area contributed by atoms with Crippen LogP contribution in [0.25, 0.3) is 0 Å². The third-order valence-electron chi connectivity index (χ3n) is 5.76. The number of rotatable bonds is 10. The van der Waals surface area contributed by atoms with Crippen LogP contribution < -0.4 is 10.1 Å². The van der Waals surface area contributed by atoms with Crippen LogP contribution in [0.5, 0.6) is 5.75 Å². The lowest BCUT2D eigenvalue weighted by atomic mass is 9.87. The average Bonchev–Trinajstić information content (AvgIpc) is 2.85. The monoisotopic (exact) mass is 612 g/mol. The molecular weight excluding hydrogens is 583 g/mol. The van der Waals surface area contributed by atoms with E-state index in [1.165, 1.54) is 0 Å². The maximum Gasteiger partial charge on any atom is 0.247 e. The predicted octanol–water partition coefficient (Wildman–Crippen LogP) is 3.69. The first-order valence-electron chi connectivity index (χ1n) is 11.6. The van der Waals surface area contributed by atoms with Gasteiger partial charge in [-0.15, -0.1) is 0 Å². The summed E-state index contributed by atoms with van der Waals surface area (Å²) >= 11 is 8.18. The molecule has 2 aromatic carbocycles. The highest BCUT2D eigenvalue weighted by Gasteiger charge is 2.40. The maximum absolute atomic E-state index is 13.2. The fraction of sp³-hybridized carbons (Fsp3) is 0.385. The number of aliphatic hydroxyl groups is 2. The zero-order valence-corrected chi connectivity index (χ0v) is 22.4. The van der Waals surface area contributed by atoms with Gasteiger partial charge in [0.25, 0.3) is 0 Å². The van der Waals surface area contributed by atoms with E-state index in [4.69, 9.17) is 21.4 Å². The van der Waals surface area contributed by atoms with Crippen LogP contribution in [0.1, 0.15) is 31.7 Å². The second-order valence-electron chi connectivity index (χ2n) is 8.34. The minimum atomic E-state index is -1.06. The van der Waals surface area contributed by atoms with E-state index >= 15 is 0 Å². The van der Waals surface area contributed by atoms with Crippen molar-refractivity contribution in [2.75, 3.05) is 13.2 Å². The summed E-state index contributed by atoms with van der Waals surface area (Å²) in [6, 6.07) is 13.9. The van der Waals surface area contributed by atoms with Gasteiger partial charge in [0.2, 0.25) is 11.8 Å². The zero-order chi connectivity index (χ0) is 25.4. The fourth-order valence-electron chi connectivity index (χ4n) is 4.00. The van der Waals surface area contributed by atoms with Crippen molar-refractivity contribution in [3.8, 4) is 5.75 Å². The fourth-order valence-corrected chi connectivity index (χ4v) is 4.64. The van der Waals surface area contributed by atoms with E-state index in [-0.39, 0.29) is 37.9 Å². The van der Waals surface area contributed by atoms with Crippen molar-refractivity contribution in [2.45, 2.75) is 51.0 Å². The Kier molecular flexibility index (Phi) is 10.4. The number of halogens is 2. The van der Waals surface area contributed by atoms with E-state index < -0.39 is 18.2 Å². The predicted molar refractivity (Wildman–Crippen MR) is 143 cm³/mol. The SMILES string of the molecule is CCCC(=O)N(Cc1ccc(Cl)cc1)[C@@H]1CC(C(=O)NCCO)=C[C@H](Oc2ccccc2I)[C@H]1O. The first-order valence-corrected chi connectivity index (χ1v) is 13.0. The first-order chi connectivity index (χ1) is 16.8. The van der Waals surface area contributed by atoms with Crippen molar-refractivity contribution in [1.82, 2.24) is 10.2 Å². The van der Waals surface area contributed by atoms with Crippen molar-refractivity contribution >= 4 is 46.0 Å². The molecule has 3 atom stereocenters. The number of carbonyl (C=O) groups excluding carboxylic acids is 2. The van der Waals surface area contributed by atoms with Gasteiger partial charge in [-0.05, 0) is 64.9 Å². The Balaban J connectivity index is 1.96. The Hall–Kier alpha value is -2.14. The van der Waals surface area contributed by atoms with Gasteiger partial charge >= 0.3 is 0 Å². The molecule has 0 aromatic heterocycles. The summed E-state index contributed by atoms with van der Waals surface area (Å²) in [5.74, 6) is 0.103. The number of ether oxygens (including phenoxy) is 1. The van der Waals surface area contributed by atoms with Gasteiger partial charge < -0.3 is 25.2 Å². The summed E-state index contributed by atoms with van der Waals surface area (Å²) in [4.78, 5) is 27.7. The Morgan fingerprint density at radius 2 is 1.91 bits per heavy atom. The van der Waals surface area contributed by atoms with E-state index in [0.717, 1.165) is 9.13 Å². The second kappa shape index (κ2) is 13.2. The van der Waals surface area contributed by atoms with Gasteiger partial charge in [-0.2, -0.15) is 0 Å². The van der Waals surface area contributed by atoms with Gasteiger partial charge in [0.1, 0.15) is 18.0 Å². The molecule has 1 aliphatic carbocycles. The van der Waals surface area contributed by atoms with Crippen LogP contribution in [0.15, 0.2) is 60.2 Å². The molecule has 0 saturated heterocycles. The van der Waals surface area contributed by atoms with E-state index in [9.17, 15) is 14.7 Å². The number of carbonyl (C=O) groups is 2. The van der Waals surface area contributed by atoms with Crippen LogP contribution in [-0.4, -0.2) is 58.3 Å². The number of benzene rings is 2. The summed E-state index contributed by atoms with van der Waals surface area (Å²) in [6.07, 6.45) is 0.833. The van der Waals surface area contributed by atoms with Crippen molar-refractivity contribution in [2.24, 2.45) is 0 Å². The van der Waals surface area contributed by atoms with Crippen molar-refractivity contribution in [3.63, 3.8) is 0 Å². The zero-order valence-electron chi connectivity index (χ0n) is 19.5.